The molecule has 5 spiro atoms. The fourth-order valence-electron chi connectivity index (χ4n) is 27.2. The Bertz CT molecular complexity index is 5980. The number of benzene rings is 12. The number of allylic oxidation sites excluding steroid dienone is 32. The monoisotopic (exact) mass is 1610 g/mol. The second-order valence-electron chi connectivity index (χ2n) is 32.9. The van der Waals surface area contributed by atoms with Crippen LogP contribution in [0.3, 0.4) is 0 Å². The van der Waals surface area contributed by atoms with Gasteiger partial charge in [0.25, 0.3) is 0 Å². The zero-order valence-corrected chi connectivity index (χ0v) is 68.5. The standard InChI is InChI=1S/2C51H40Si.2ClH.Hf/c2*1-32-28-46-42(48-30-34-16-4-6-18-36(34)38-20-8-10-22-40(38)48)24-12-14-26-44(46)50(32)52(3)51-33(2)29-47-43(25-13-15-27-45(47)51)49-31-35-17-5-7-19-37(35)39-21-9-11-23-41(39)49;;;/h2*4-31,42-43,52H,1-3H3;2*1H;/q;;;;+2/p-2. The van der Waals surface area contributed by atoms with Gasteiger partial charge >= 0.3 is 640 Å². The van der Waals surface area contributed by atoms with Crippen molar-refractivity contribution in [1.29, 1.82) is 0 Å². The molecule has 107 heavy (non-hydrogen) atoms. The molecule has 22 rings (SSSR count). The van der Waals surface area contributed by atoms with Gasteiger partial charge in [0, 0.05) is 0 Å². The summed E-state index contributed by atoms with van der Waals surface area (Å²) in [6.45, 7) is 15.8. The SMILES string of the molecule is CC1=CC2=C(C=CC=CC2c2cc3ccccc3c3ccccc23)[C]12[SiH](C)[C]1(C(C)=CC3=C1C=CC=CC3c1cc3ccccc3c3ccccc13)[Hf]21([Cl])([Cl])[C]2(C(C)=CC3=C2C=CC=CC3c2cc3ccccc3c3ccccc23)[SiH](C)[C]12C(C)=CC1=C2C=CC=CC1c1cc2ccccc2c2ccccc12. The Morgan fingerprint density at radius 3 is 0.682 bits per heavy atom. The first-order valence-corrected chi connectivity index (χ1v) is 59.4. The van der Waals surface area contributed by atoms with E-state index < -0.39 is 43.4 Å². The van der Waals surface area contributed by atoms with Crippen molar-refractivity contribution < 1.29 is 14.7 Å². The molecule has 8 unspecified atom stereocenters. The van der Waals surface area contributed by atoms with Crippen LogP contribution < -0.4 is 0 Å². The summed E-state index contributed by atoms with van der Waals surface area (Å²) in [5.41, 5.74) is 21.6. The molecule has 0 amide bonds. The first-order valence-electron chi connectivity index (χ1n) is 38.7. The summed E-state index contributed by atoms with van der Waals surface area (Å²) in [5.74, 6) is -0.501. The number of fused-ring (bicyclic) bond motifs is 20. The Morgan fingerprint density at radius 2 is 0.458 bits per heavy atom. The number of hydrogen-bond donors (Lipinski definition) is 0. The van der Waals surface area contributed by atoms with Crippen LogP contribution in [0.5, 0.6) is 0 Å². The van der Waals surface area contributed by atoms with Gasteiger partial charge in [-0.1, -0.05) is 0 Å². The van der Waals surface area contributed by atoms with Crippen LogP contribution in [0.4, 0.5) is 0 Å². The van der Waals surface area contributed by atoms with E-state index in [4.69, 9.17) is 0 Å². The molecule has 514 valence electrons. The zero-order chi connectivity index (χ0) is 71.9. The number of rotatable bonds is 4. The van der Waals surface area contributed by atoms with E-state index in [1.54, 1.807) is 0 Å². The van der Waals surface area contributed by atoms with E-state index in [-0.39, 0.29) is 23.7 Å². The topological polar surface area (TPSA) is 0 Å². The van der Waals surface area contributed by atoms with Crippen molar-refractivity contribution in [3.8, 4) is 0 Å². The minimum absolute atomic E-state index is 0.125. The van der Waals surface area contributed by atoms with E-state index >= 15 is 0 Å². The third-order valence-corrected chi connectivity index (χ3v) is 147. The van der Waals surface area contributed by atoms with Crippen molar-refractivity contribution in [2.24, 2.45) is 0 Å². The van der Waals surface area contributed by atoms with Crippen LogP contribution >= 0.6 is 17.2 Å². The first kappa shape index (κ1) is 64.6. The second kappa shape index (κ2) is 22.1. The van der Waals surface area contributed by atoms with E-state index in [2.05, 4.69) is 381 Å². The summed E-state index contributed by atoms with van der Waals surface area (Å²) >= 11 is -8.14. The summed E-state index contributed by atoms with van der Waals surface area (Å²) in [7, 11) is 18.4. The molecular formula is C102H80Cl2HfSi2. The van der Waals surface area contributed by atoms with Gasteiger partial charge in [0.1, 0.15) is 0 Å². The van der Waals surface area contributed by atoms with E-state index in [1.165, 1.54) is 175 Å². The molecule has 0 nitrogen and oxygen atoms in total. The Morgan fingerprint density at radius 1 is 0.262 bits per heavy atom. The van der Waals surface area contributed by atoms with Crippen molar-refractivity contribution in [1.82, 2.24) is 0 Å². The van der Waals surface area contributed by atoms with Gasteiger partial charge in [-0.05, 0) is 0 Å². The van der Waals surface area contributed by atoms with Crippen LogP contribution in [0.2, 0.25) is 24.3 Å². The van der Waals surface area contributed by atoms with Crippen LogP contribution in [0.1, 0.15) is 73.6 Å². The van der Waals surface area contributed by atoms with Crippen molar-refractivity contribution in [3.63, 3.8) is 0 Å². The summed E-state index contributed by atoms with van der Waals surface area (Å²) in [6.07, 6.45) is 50.5. The average molecular weight is 1610 g/mol. The summed E-state index contributed by atoms with van der Waals surface area (Å²) in [5, 5.41) is 20.3. The van der Waals surface area contributed by atoms with Crippen LogP contribution in [-0.4, -0.2) is 17.6 Å². The van der Waals surface area contributed by atoms with Gasteiger partial charge in [-0.3, -0.25) is 0 Å². The molecule has 2 aliphatic heterocycles. The maximum atomic E-state index is 11.9. The van der Waals surface area contributed by atoms with Gasteiger partial charge in [0.2, 0.25) is 0 Å². The van der Waals surface area contributed by atoms with Gasteiger partial charge in [0.15, 0.2) is 0 Å². The second-order valence-corrected chi connectivity index (χ2v) is 87.2. The quantitative estimate of drug-likeness (QED) is 0.122. The molecule has 10 aliphatic rings. The van der Waals surface area contributed by atoms with Gasteiger partial charge in [-0.15, -0.1) is 0 Å². The molecule has 8 aliphatic carbocycles. The number of halogens is 2. The Balaban J connectivity index is 0.923. The molecule has 2 fully saturated rings. The summed E-state index contributed by atoms with van der Waals surface area (Å²) in [6, 6.07) is 82.9. The van der Waals surface area contributed by atoms with Crippen molar-refractivity contribution in [3.05, 3.63) is 429 Å². The van der Waals surface area contributed by atoms with Crippen molar-refractivity contribution in [2.45, 2.75) is 75.6 Å². The van der Waals surface area contributed by atoms with Crippen LogP contribution in [0.25, 0.3) is 86.2 Å². The average Bonchev–Trinajstić information content (AvgIpc) is 1.51. The summed E-state index contributed by atoms with van der Waals surface area (Å²) in [4.78, 5) is 0. The fourth-order valence-corrected chi connectivity index (χ4v) is 199. The molecule has 0 bridgehead atoms. The van der Waals surface area contributed by atoms with Crippen molar-refractivity contribution >= 4 is 121 Å². The van der Waals surface area contributed by atoms with E-state index in [9.17, 15) is 17.2 Å². The Kier molecular flexibility index (Phi) is 13.3. The normalized spacial score (nSPS) is 29.2. The van der Waals surface area contributed by atoms with Gasteiger partial charge < -0.3 is 0 Å². The van der Waals surface area contributed by atoms with Gasteiger partial charge in [-0.2, -0.15) is 0 Å². The third kappa shape index (κ3) is 7.00. The molecule has 0 radical (unpaired) electrons. The Hall–Kier alpha value is -9.56. The van der Waals surface area contributed by atoms with E-state index in [0.29, 0.717) is 0 Å². The molecule has 12 aromatic carbocycles. The fraction of sp³-hybridized carbons (Fsp3) is 0.137. The van der Waals surface area contributed by atoms with Crippen LogP contribution in [0, 0.1) is 0 Å². The number of hydrogen-bond acceptors (Lipinski definition) is 0. The molecule has 0 aromatic heterocycles. The predicted octanol–water partition coefficient (Wildman–Crippen LogP) is 27.9. The first-order chi connectivity index (χ1) is 52.2. The Labute approximate surface area is 634 Å². The molecule has 8 atom stereocenters. The molecule has 0 N–H and O–H groups in total. The van der Waals surface area contributed by atoms with Crippen LogP contribution in [0.15, 0.2) is 407 Å². The predicted molar refractivity (Wildman–Crippen MR) is 462 cm³/mol. The van der Waals surface area contributed by atoms with Gasteiger partial charge in [0.05, 0.1) is 0 Å². The van der Waals surface area contributed by atoms with Crippen molar-refractivity contribution in [2.75, 3.05) is 0 Å². The maximum absolute atomic E-state index is 11.9. The molecule has 2 saturated heterocycles. The minimum atomic E-state index is -8.14. The van der Waals surface area contributed by atoms with E-state index in [0.717, 1.165) is 0 Å². The zero-order valence-electron chi connectivity index (χ0n) is 61.1. The molecule has 12 aromatic rings. The molecule has 5 heteroatoms. The molecule has 2 heterocycles. The van der Waals surface area contributed by atoms with E-state index in [1.807, 2.05) is 0 Å². The molecule has 0 saturated carbocycles. The third-order valence-electron chi connectivity index (χ3n) is 29.7. The molecular weight excluding hydrogens is 1530 g/mol. The van der Waals surface area contributed by atoms with Crippen LogP contribution in [-0.2, 0) is 14.7 Å². The summed E-state index contributed by atoms with van der Waals surface area (Å²) < 4.78 is -3.21. The van der Waals surface area contributed by atoms with Gasteiger partial charge in [-0.25, -0.2) is 0 Å².